The molecule has 1 unspecified atom stereocenters. The molecule has 1 atom stereocenters. The number of nitrogens with two attached hydrogens (primary N) is 1. The summed E-state index contributed by atoms with van der Waals surface area (Å²) in [5.41, 5.74) is 8.07. The van der Waals surface area contributed by atoms with Crippen LogP contribution < -0.4 is 16.0 Å². The first-order valence-electron chi connectivity index (χ1n) is 8.14. The minimum Gasteiger partial charge on any atom is -0.399 e. The second-order valence-electron chi connectivity index (χ2n) is 6.01. The zero-order valence-electron chi connectivity index (χ0n) is 13.9. The van der Waals surface area contributed by atoms with Gasteiger partial charge in [-0.3, -0.25) is 9.59 Å². The van der Waals surface area contributed by atoms with Crippen molar-refractivity contribution in [2.75, 3.05) is 17.2 Å². The fraction of sp³-hybridized carbons (Fsp3) is 0.263. The Balaban J connectivity index is 0.00000225. The third-order valence-electron chi connectivity index (χ3n) is 4.19. The minimum atomic E-state index is -0.458. The van der Waals surface area contributed by atoms with Gasteiger partial charge in [-0.2, -0.15) is 0 Å². The number of nitrogen functional groups attached to an aromatic ring is 1. The van der Waals surface area contributed by atoms with Crippen LogP contribution in [0.15, 0.2) is 54.6 Å². The van der Waals surface area contributed by atoms with Crippen LogP contribution in [0.2, 0.25) is 0 Å². The molecule has 0 bridgehead atoms. The Bertz CT molecular complexity index is 719. The summed E-state index contributed by atoms with van der Waals surface area (Å²) in [6.07, 6.45) is 1.79. The molecule has 1 aliphatic rings. The number of halogens is 1. The number of carbonyl (C=O) groups excluding carboxylic acids is 2. The van der Waals surface area contributed by atoms with Crippen molar-refractivity contribution in [2.24, 2.45) is 0 Å². The van der Waals surface area contributed by atoms with E-state index in [4.69, 9.17) is 5.73 Å². The van der Waals surface area contributed by atoms with Crippen LogP contribution in [0.25, 0.3) is 0 Å². The molecule has 1 heterocycles. The molecule has 3 N–H and O–H groups in total. The van der Waals surface area contributed by atoms with Crippen LogP contribution in [-0.4, -0.2) is 24.4 Å². The number of hydrogen-bond donors (Lipinski definition) is 2. The van der Waals surface area contributed by atoms with Crippen LogP contribution in [0.5, 0.6) is 0 Å². The van der Waals surface area contributed by atoms with Crippen molar-refractivity contribution < 1.29 is 9.59 Å². The number of anilines is 2. The van der Waals surface area contributed by atoms with Gasteiger partial charge in [0.25, 0.3) is 0 Å². The van der Waals surface area contributed by atoms with E-state index < -0.39 is 6.04 Å². The molecule has 5 nitrogen and oxygen atoms in total. The fourth-order valence-electron chi connectivity index (χ4n) is 2.94. The maximum Gasteiger partial charge on any atom is 0.249 e. The maximum absolute atomic E-state index is 12.7. The fourth-order valence-corrected chi connectivity index (χ4v) is 2.94. The number of nitrogens with one attached hydrogen (secondary N) is 1. The monoisotopic (exact) mass is 359 g/mol. The predicted octanol–water partition coefficient (Wildman–Crippen LogP) is 2.54. The Kier molecular flexibility index (Phi) is 6.42. The van der Waals surface area contributed by atoms with E-state index in [0.717, 1.165) is 17.7 Å². The largest absolute Gasteiger partial charge is 0.399 e. The summed E-state index contributed by atoms with van der Waals surface area (Å²) in [4.78, 5) is 26.6. The molecule has 3 rings (SSSR count). The van der Waals surface area contributed by atoms with Gasteiger partial charge in [0.05, 0.1) is 6.42 Å². The third kappa shape index (κ3) is 4.73. The van der Waals surface area contributed by atoms with Gasteiger partial charge in [-0.25, -0.2) is 0 Å². The van der Waals surface area contributed by atoms with Crippen molar-refractivity contribution in [1.29, 1.82) is 0 Å². The molecule has 0 radical (unpaired) electrons. The molecule has 2 aromatic rings. The van der Waals surface area contributed by atoms with Crippen LogP contribution in [0.1, 0.15) is 18.4 Å². The lowest BCUT2D eigenvalue weighted by molar-refractivity contribution is -0.128. The smallest absolute Gasteiger partial charge is 0.249 e. The van der Waals surface area contributed by atoms with Gasteiger partial charge in [0.2, 0.25) is 11.8 Å². The normalized spacial score (nSPS) is 16.9. The van der Waals surface area contributed by atoms with Gasteiger partial charge in [-0.05, 0) is 42.7 Å². The van der Waals surface area contributed by atoms with Crippen LogP contribution in [0.4, 0.5) is 11.4 Å². The summed E-state index contributed by atoms with van der Waals surface area (Å²) >= 11 is 0. The minimum absolute atomic E-state index is 0. The Hall–Kier alpha value is -2.53. The quantitative estimate of drug-likeness (QED) is 0.824. The van der Waals surface area contributed by atoms with Crippen molar-refractivity contribution in [1.82, 2.24) is 5.32 Å². The molecule has 25 heavy (non-hydrogen) atoms. The van der Waals surface area contributed by atoms with Gasteiger partial charge in [0, 0.05) is 17.9 Å². The lowest BCUT2D eigenvalue weighted by Crippen LogP contribution is -2.52. The van der Waals surface area contributed by atoms with E-state index in [9.17, 15) is 9.59 Å². The van der Waals surface area contributed by atoms with Gasteiger partial charge < -0.3 is 16.0 Å². The zero-order chi connectivity index (χ0) is 16.9. The van der Waals surface area contributed by atoms with E-state index in [0.29, 0.717) is 18.7 Å². The first-order valence-corrected chi connectivity index (χ1v) is 8.14. The molecule has 0 aromatic heterocycles. The van der Waals surface area contributed by atoms with Gasteiger partial charge in [0.1, 0.15) is 6.04 Å². The average molecular weight is 360 g/mol. The molecule has 1 saturated heterocycles. The zero-order valence-corrected chi connectivity index (χ0v) is 14.7. The van der Waals surface area contributed by atoms with E-state index in [1.54, 1.807) is 17.0 Å². The Morgan fingerprint density at radius 3 is 2.48 bits per heavy atom. The van der Waals surface area contributed by atoms with E-state index in [-0.39, 0.29) is 30.6 Å². The second kappa shape index (κ2) is 8.53. The standard InChI is InChI=1S/C19H21N3O2.ClH/c20-15-10-8-14(9-11-15)13-18(23)21-17-7-4-12-22(19(17)24)16-5-2-1-3-6-16;/h1-3,5-6,8-11,17H,4,7,12-13,20H2,(H,21,23);1H. The number of rotatable bonds is 4. The number of carbonyl (C=O) groups is 2. The third-order valence-corrected chi connectivity index (χ3v) is 4.19. The molecule has 0 aliphatic carbocycles. The summed E-state index contributed by atoms with van der Waals surface area (Å²) < 4.78 is 0. The summed E-state index contributed by atoms with van der Waals surface area (Å²) in [6, 6.07) is 16.3. The van der Waals surface area contributed by atoms with E-state index in [1.165, 1.54) is 0 Å². The number of benzene rings is 2. The SMILES string of the molecule is Cl.Nc1ccc(CC(=O)NC2CCCN(c3ccccc3)C2=O)cc1. The van der Waals surface area contributed by atoms with Crippen molar-refractivity contribution >= 4 is 35.6 Å². The van der Waals surface area contributed by atoms with E-state index in [1.807, 2.05) is 42.5 Å². The highest BCUT2D eigenvalue weighted by molar-refractivity contribution is 6.00. The van der Waals surface area contributed by atoms with E-state index in [2.05, 4.69) is 5.32 Å². The van der Waals surface area contributed by atoms with Crippen LogP contribution in [-0.2, 0) is 16.0 Å². The molecule has 1 fully saturated rings. The highest BCUT2D eigenvalue weighted by Gasteiger charge is 2.30. The number of amides is 2. The summed E-state index contributed by atoms with van der Waals surface area (Å²) in [5, 5.41) is 2.87. The van der Waals surface area contributed by atoms with Gasteiger partial charge in [-0.15, -0.1) is 12.4 Å². The predicted molar refractivity (Wildman–Crippen MR) is 102 cm³/mol. The summed E-state index contributed by atoms with van der Waals surface area (Å²) in [5.74, 6) is -0.189. The molecular formula is C19H22ClN3O2. The highest BCUT2D eigenvalue weighted by atomic mass is 35.5. The van der Waals surface area contributed by atoms with Gasteiger partial charge >= 0.3 is 0 Å². The molecule has 1 aliphatic heterocycles. The lowest BCUT2D eigenvalue weighted by atomic mass is 10.0. The number of piperidine rings is 1. The topological polar surface area (TPSA) is 75.4 Å². The van der Waals surface area contributed by atoms with Crippen molar-refractivity contribution in [3.63, 3.8) is 0 Å². The Morgan fingerprint density at radius 1 is 1.12 bits per heavy atom. The molecule has 0 spiro atoms. The van der Waals surface area contributed by atoms with Crippen LogP contribution >= 0.6 is 12.4 Å². The first kappa shape index (κ1) is 18.8. The second-order valence-corrected chi connectivity index (χ2v) is 6.01. The summed E-state index contributed by atoms with van der Waals surface area (Å²) in [6.45, 7) is 0.688. The average Bonchev–Trinajstić information content (AvgIpc) is 2.59. The molecule has 6 heteroatoms. The lowest BCUT2D eigenvalue weighted by Gasteiger charge is -2.32. The number of para-hydroxylation sites is 1. The van der Waals surface area contributed by atoms with Crippen LogP contribution in [0, 0.1) is 0 Å². The van der Waals surface area contributed by atoms with Crippen molar-refractivity contribution in [3.05, 3.63) is 60.2 Å². The molecule has 132 valence electrons. The number of nitrogens with zero attached hydrogens (tertiary/aromatic N) is 1. The maximum atomic E-state index is 12.7. The van der Waals surface area contributed by atoms with E-state index >= 15 is 0 Å². The molecule has 2 aromatic carbocycles. The number of hydrogen-bond acceptors (Lipinski definition) is 3. The molecular weight excluding hydrogens is 338 g/mol. The summed E-state index contributed by atoms with van der Waals surface area (Å²) in [7, 11) is 0. The molecule has 2 amide bonds. The first-order chi connectivity index (χ1) is 11.6. The molecule has 0 saturated carbocycles. The Morgan fingerprint density at radius 2 is 1.80 bits per heavy atom. The van der Waals surface area contributed by atoms with Crippen LogP contribution in [0.3, 0.4) is 0 Å². The van der Waals surface area contributed by atoms with Crippen molar-refractivity contribution in [2.45, 2.75) is 25.3 Å². The van der Waals surface area contributed by atoms with Crippen molar-refractivity contribution in [3.8, 4) is 0 Å². The van der Waals surface area contributed by atoms with Gasteiger partial charge in [0.15, 0.2) is 0 Å². The van der Waals surface area contributed by atoms with Gasteiger partial charge in [-0.1, -0.05) is 30.3 Å². The Labute approximate surface area is 153 Å². The highest BCUT2D eigenvalue weighted by Crippen LogP contribution is 2.20.